The van der Waals surface area contributed by atoms with Gasteiger partial charge in [-0.05, 0) is 46.5 Å². The minimum absolute atomic E-state index is 0. The summed E-state index contributed by atoms with van der Waals surface area (Å²) >= 11 is 0. The molecule has 0 spiro atoms. The first kappa shape index (κ1) is 32.3. The van der Waals surface area contributed by atoms with E-state index in [1.165, 1.54) is 22.4 Å². The van der Waals surface area contributed by atoms with Gasteiger partial charge in [-0.3, -0.25) is 4.57 Å². The van der Waals surface area contributed by atoms with E-state index < -0.39 is 0 Å². The zero-order chi connectivity index (χ0) is 31.0. The number of pyridine rings is 1. The average Bonchev–Trinajstić information content (AvgIpc) is 3.42. The van der Waals surface area contributed by atoms with Crippen LogP contribution >= 0.6 is 0 Å². The van der Waals surface area contributed by atoms with Crippen LogP contribution in [0, 0.1) is 18.5 Å². The summed E-state index contributed by atoms with van der Waals surface area (Å²) in [6, 6.07) is 37.5. The molecule has 0 bridgehead atoms. The van der Waals surface area contributed by atoms with Crippen LogP contribution in [0.5, 0.6) is 11.5 Å². The molecule has 5 heteroatoms. The molecule has 0 saturated heterocycles. The van der Waals surface area contributed by atoms with Crippen molar-refractivity contribution >= 4 is 11.0 Å². The maximum Gasteiger partial charge on any atom is 3.00 e. The van der Waals surface area contributed by atoms with Gasteiger partial charge in [0.2, 0.25) is 0 Å². The molecule has 0 amide bonds. The van der Waals surface area contributed by atoms with Gasteiger partial charge in [0.1, 0.15) is 11.3 Å². The summed E-state index contributed by atoms with van der Waals surface area (Å²) in [5.74, 6) is 2.50. The van der Waals surface area contributed by atoms with E-state index in [9.17, 15) is 0 Å². The van der Waals surface area contributed by atoms with Crippen LogP contribution in [0.4, 0.5) is 0 Å². The first-order chi connectivity index (χ1) is 21.1. The van der Waals surface area contributed by atoms with Gasteiger partial charge in [0.15, 0.2) is 0 Å². The first-order valence-corrected chi connectivity index (χ1v) is 15.4. The Morgan fingerprint density at radius 2 is 1.51 bits per heavy atom. The number of ether oxygens (including phenoxy) is 1. The molecule has 0 aliphatic carbocycles. The molecule has 4 nitrogen and oxygen atoms in total. The Bertz CT molecular complexity index is 1860. The first-order valence-electron chi connectivity index (χ1n) is 15.4. The SMILES string of the molecule is CC(C)c1cccc(C(C)C)c1-n1[c-][n+]2c3c(cccc31)Oc1cc(C(C)(C)C)c[c-]c1-2.[Ir+3].[c-]1ccccc1-c1ccccn1. The number of para-hydroxylation sites is 2. The Balaban J connectivity index is 0.000000258. The molecular formula is C40H39IrN3O+. The fourth-order valence-corrected chi connectivity index (χ4v) is 5.65. The summed E-state index contributed by atoms with van der Waals surface area (Å²) in [7, 11) is 0. The van der Waals surface area contributed by atoms with E-state index in [0.29, 0.717) is 11.8 Å². The Morgan fingerprint density at radius 3 is 2.13 bits per heavy atom. The van der Waals surface area contributed by atoms with E-state index >= 15 is 0 Å². The third kappa shape index (κ3) is 6.38. The van der Waals surface area contributed by atoms with Crippen molar-refractivity contribution in [2.75, 3.05) is 0 Å². The molecule has 4 aromatic carbocycles. The second-order valence-corrected chi connectivity index (χ2v) is 12.9. The number of hydrogen-bond donors (Lipinski definition) is 0. The number of hydrogen-bond acceptors (Lipinski definition) is 2. The van der Waals surface area contributed by atoms with Crippen LogP contribution in [0.1, 0.15) is 77.0 Å². The normalized spacial score (nSPS) is 11.8. The summed E-state index contributed by atoms with van der Waals surface area (Å²) in [5.41, 5.74) is 10.2. The predicted molar refractivity (Wildman–Crippen MR) is 178 cm³/mol. The number of imidazole rings is 1. The third-order valence-corrected chi connectivity index (χ3v) is 8.05. The van der Waals surface area contributed by atoms with Crippen LogP contribution in [-0.2, 0) is 25.5 Å². The van der Waals surface area contributed by atoms with E-state index in [0.717, 1.165) is 39.5 Å². The molecule has 45 heavy (non-hydrogen) atoms. The van der Waals surface area contributed by atoms with E-state index in [1.54, 1.807) is 6.20 Å². The number of rotatable bonds is 4. The Hall–Kier alpha value is -4.05. The molecule has 1 aliphatic heterocycles. The van der Waals surface area contributed by atoms with Gasteiger partial charge in [0.05, 0.1) is 11.2 Å². The monoisotopic (exact) mass is 770 g/mol. The van der Waals surface area contributed by atoms with E-state index in [2.05, 4.69) is 124 Å². The quantitative estimate of drug-likeness (QED) is 0.132. The maximum atomic E-state index is 6.40. The second kappa shape index (κ2) is 13.1. The summed E-state index contributed by atoms with van der Waals surface area (Å²) in [6.07, 6.45) is 5.46. The summed E-state index contributed by atoms with van der Waals surface area (Å²) < 4.78 is 10.8. The van der Waals surface area contributed by atoms with Crippen LogP contribution in [0.2, 0.25) is 0 Å². The van der Waals surface area contributed by atoms with Crippen molar-refractivity contribution < 1.29 is 29.4 Å². The fourth-order valence-electron chi connectivity index (χ4n) is 5.65. The van der Waals surface area contributed by atoms with Crippen molar-refractivity contribution in [1.82, 2.24) is 9.55 Å². The molecule has 2 aromatic heterocycles. The molecule has 0 fully saturated rings. The molecule has 6 aromatic rings. The van der Waals surface area contributed by atoms with Gasteiger partial charge in [-0.15, -0.1) is 47.5 Å². The van der Waals surface area contributed by atoms with Crippen molar-refractivity contribution in [1.29, 1.82) is 0 Å². The topological polar surface area (TPSA) is 30.9 Å². The van der Waals surface area contributed by atoms with Crippen molar-refractivity contribution in [2.24, 2.45) is 0 Å². The second-order valence-electron chi connectivity index (χ2n) is 12.9. The minimum atomic E-state index is 0. The van der Waals surface area contributed by atoms with Crippen LogP contribution < -0.4 is 9.30 Å². The number of nitrogens with zero attached hydrogens (tertiary/aromatic N) is 3. The smallest absolute Gasteiger partial charge is 0.523 e. The van der Waals surface area contributed by atoms with Crippen molar-refractivity contribution in [3.63, 3.8) is 0 Å². The standard InChI is InChI=1S/C29H31N2O.C11H8N.Ir/c1-18(2)21-10-8-11-22(19(3)4)27(21)31-17-30-23-15-14-20(29(5,6)7)16-26(23)32-25-13-9-12-24(31)28(25)30;1-2-6-10(7-3-1)11-8-4-5-9-12-11;/h8-14,16,18-19H,1-7H3;1-6,8-9H;/q2*-1;+3. The summed E-state index contributed by atoms with van der Waals surface area (Å²) in [6.45, 7) is 15.7. The molecule has 0 saturated carbocycles. The van der Waals surface area contributed by atoms with Crippen molar-refractivity contribution in [3.05, 3.63) is 132 Å². The number of benzene rings is 4. The minimum Gasteiger partial charge on any atom is -0.523 e. The molecular weight excluding hydrogens is 731 g/mol. The van der Waals surface area contributed by atoms with Gasteiger partial charge >= 0.3 is 20.1 Å². The zero-order valence-corrected chi connectivity index (χ0v) is 29.4. The van der Waals surface area contributed by atoms with Crippen molar-refractivity contribution in [2.45, 2.75) is 65.7 Å². The average molecular weight is 770 g/mol. The van der Waals surface area contributed by atoms with Crippen LogP contribution in [0.25, 0.3) is 33.7 Å². The van der Waals surface area contributed by atoms with Gasteiger partial charge < -0.3 is 14.3 Å². The van der Waals surface area contributed by atoms with Gasteiger partial charge in [0.25, 0.3) is 6.33 Å². The van der Waals surface area contributed by atoms with E-state index in [-0.39, 0.29) is 25.5 Å². The van der Waals surface area contributed by atoms with E-state index in [1.807, 2.05) is 48.5 Å². The summed E-state index contributed by atoms with van der Waals surface area (Å²) in [4.78, 5) is 4.22. The fraction of sp³-hybridized carbons (Fsp3) is 0.250. The van der Waals surface area contributed by atoms with Gasteiger partial charge in [0, 0.05) is 11.9 Å². The third-order valence-electron chi connectivity index (χ3n) is 8.05. The van der Waals surface area contributed by atoms with Crippen LogP contribution in [0.15, 0.2) is 97.2 Å². The van der Waals surface area contributed by atoms with Crippen LogP contribution in [0.3, 0.4) is 0 Å². The van der Waals surface area contributed by atoms with Gasteiger partial charge in [-0.2, -0.15) is 12.1 Å². The van der Waals surface area contributed by atoms with E-state index in [4.69, 9.17) is 4.74 Å². The molecule has 0 N–H and O–H groups in total. The van der Waals surface area contributed by atoms with Gasteiger partial charge in [-0.25, -0.2) is 0 Å². The molecule has 0 radical (unpaired) electrons. The van der Waals surface area contributed by atoms with Crippen LogP contribution in [-0.4, -0.2) is 9.55 Å². The molecule has 1 aliphatic rings. The largest absolute Gasteiger partial charge is 3.00 e. The summed E-state index contributed by atoms with van der Waals surface area (Å²) in [5, 5.41) is 0. The molecule has 3 heterocycles. The Kier molecular flexibility index (Phi) is 9.44. The molecule has 0 atom stereocenters. The number of fused-ring (bicyclic) bond motifs is 2. The number of aromatic nitrogens is 3. The molecule has 0 unspecified atom stereocenters. The maximum absolute atomic E-state index is 6.40. The van der Waals surface area contributed by atoms with Gasteiger partial charge in [-0.1, -0.05) is 96.3 Å². The van der Waals surface area contributed by atoms with Crippen molar-refractivity contribution in [3.8, 4) is 34.1 Å². The molecule has 7 rings (SSSR count). The molecule has 228 valence electrons. The Labute approximate surface area is 281 Å². The zero-order valence-electron chi connectivity index (χ0n) is 27.0. The predicted octanol–water partition coefficient (Wildman–Crippen LogP) is 9.70. The Morgan fingerprint density at radius 1 is 0.800 bits per heavy atom.